The van der Waals surface area contributed by atoms with Gasteiger partial charge in [0.25, 0.3) is 0 Å². The fourth-order valence-electron chi connectivity index (χ4n) is 2.58. The molecule has 0 radical (unpaired) electrons. The lowest BCUT2D eigenvalue weighted by Gasteiger charge is -2.30. The highest BCUT2D eigenvalue weighted by molar-refractivity contribution is 5.77. The summed E-state index contributed by atoms with van der Waals surface area (Å²) in [6, 6.07) is 5.66. The summed E-state index contributed by atoms with van der Waals surface area (Å²) in [5, 5.41) is 12.4. The lowest BCUT2D eigenvalue weighted by molar-refractivity contribution is -0.148. The van der Waals surface area contributed by atoms with Gasteiger partial charge in [0.1, 0.15) is 11.4 Å². The van der Waals surface area contributed by atoms with Gasteiger partial charge in [-0.15, -0.1) is 0 Å². The van der Waals surface area contributed by atoms with E-state index in [2.05, 4.69) is 5.32 Å². The number of amides is 1. The summed E-state index contributed by atoms with van der Waals surface area (Å²) in [6.45, 7) is 8.99. The maximum Gasteiger partial charge on any atom is 0.407 e. The lowest BCUT2D eigenvalue weighted by Crippen LogP contribution is -2.45. The van der Waals surface area contributed by atoms with Crippen LogP contribution < -0.4 is 10.1 Å². The predicted molar refractivity (Wildman–Crippen MR) is 96.0 cm³/mol. The number of aryl methyl sites for hydroxylation is 1. The topological polar surface area (TPSA) is 84.9 Å². The first-order valence-electron chi connectivity index (χ1n) is 8.37. The molecule has 1 amide bonds. The molecule has 0 heterocycles. The van der Waals surface area contributed by atoms with Gasteiger partial charge < -0.3 is 19.9 Å². The zero-order valence-corrected chi connectivity index (χ0v) is 15.9. The number of methoxy groups -OCH3 is 1. The molecule has 6 nitrogen and oxygen atoms in total. The summed E-state index contributed by atoms with van der Waals surface area (Å²) in [7, 11) is 1.56. The van der Waals surface area contributed by atoms with Crippen LogP contribution in [0.2, 0.25) is 0 Å². The minimum atomic E-state index is -1.14. The van der Waals surface area contributed by atoms with Crippen molar-refractivity contribution in [2.24, 2.45) is 5.41 Å². The maximum absolute atomic E-state index is 12.0. The summed E-state index contributed by atoms with van der Waals surface area (Å²) in [5.41, 5.74) is 0.0453. The number of nitrogens with one attached hydrogen (secondary N) is 1. The van der Waals surface area contributed by atoms with Crippen molar-refractivity contribution in [3.05, 3.63) is 29.3 Å². The van der Waals surface area contributed by atoms with Crippen molar-refractivity contribution in [3.8, 4) is 5.75 Å². The number of alkyl carbamates (subject to hydrolysis) is 1. The number of ether oxygens (including phenoxy) is 2. The molecule has 0 aliphatic heterocycles. The van der Waals surface area contributed by atoms with E-state index in [1.54, 1.807) is 34.8 Å². The molecule has 1 unspecified atom stereocenters. The van der Waals surface area contributed by atoms with E-state index < -0.39 is 23.1 Å². The molecule has 0 saturated heterocycles. The Bertz CT molecular complexity index is 621. The van der Waals surface area contributed by atoms with Gasteiger partial charge in [0, 0.05) is 6.54 Å². The van der Waals surface area contributed by atoms with Crippen molar-refractivity contribution in [2.45, 2.75) is 53.1 Å². The van der Waals surface area contributed by atoms with Gasteiger partial charge in [-0.3, -0.25) is 4.79 Å². The maximum atomic E-state index is 12.0. The Morgan fingerprint density at radius 1 is 1.24 bits per heavy atom. The second-order valence-electron chi connectivity index (χ2n) is 7.29. The second kappa shape index (κ2) is 8.23. The molecule has 25 heavy (non-hydrogen) atoms. The van der Waals surface area contributed by atoms with Crippen LogP contribution in [0.25, 0.3) is 0 Å². The first-order chi connectivity index (χ1) is 11.5. The van der Waals surface area contributed by atoms with Crippen LogP contribution in [-0.2, 0) is 16.0 Å². The molecule has 1 aromatic rings. The first kappa shape index (κ1) is 20.8. The smallest absolute Gasteiger partial charge is 0.407 e. The highest BCUT2D eigenvalue weighted by Gasteiger charge is 2.38. The van der Waals surface area contributed by atoms with Gasteiger partial charge in [-0.05, 0) is 52.2 Å². The van der Waals surface area contributed by atoms with E-state index in [-0.39, 0.29) is 13.0 Å². The summed E-state index contributed by atoms with van der Waals surface area (Å²) in [4.78, 5) is 23.9. The number of hydrogen-bond acceptors (Lipinski definition) is 4. The summed E-state index contributed by atoms with van der Waals surface area (Å²) in [5.74, 6) is -0.323. The number of carboxylic acids is 1. The molecule has 1 aromatic carbocycles. The van der Waals surface area contributed by atoms with Gasteiger partial charge in [0.05, 0.1) is 12.5 Å². The molecular formula is C19H29NO5. The average molecular weight is 351 g/mol. The third-order valence-electron chi connectivity index (χ3n) is 4.07. The first-order valence-corrected chi connectivity index (χ1v) is 8.37. The zero-order chi connectivity index (χ0) is 19.3. The Balaban J connectivity index is 3.02. The Morgan fingerprint density at radius 2 is 1.88 bits per heavy atom. The number of carbonyl (C=O) groups excluding carboxylic acids is 1. The molecule has 1 atom stereocenters. The molecule has 0 spiro atoms. The Kier molecular flexibility index (Phi) is 6.85. The summed E-state index contributed by atoms with van der Waals surface area (Å²) >= 11 is 0. The third kappa shape index (κ3) is 5.96. The minimum Gasteiger partial charge on any atom is -0.496 e. The van der Waals surface area contributed by atoms with Crippen LogP contribution in [0.5, 0.6) is 5.75 Å². The molecular weight excluding hydrogens is 322 g/mol. The van der Waals surface area contributed by atoms with Crippen molar-refractivity contribution in [3.63, 3.8) is 0 Å². The normalized spacial score (nSPS) is 13.7. The van der Waals surface area contributed by atoms with E-state index in [0.29, 0.717) is 12.2 Å². The van der Waals surface area contributed by atoms with E-state index in [1.807, 2.05) is 25.1 Å². The second-order valence-corrected chi connectivity index (χ2v) is 7.29. The Hall–Kier alpha value is -2.24. The van der Waals surface area contributed by atoms with E-state index in [0.717, 1.165) is 11.1 Å². The number of hydrogen-bond donors (Lipinski definition) is 2. The molecule has 0 fully saturated rings. The van der Waals surface area contributed by atoms with Crippen LogP contribution in [0.15, 0.2) is 18.2 Å². The summed E-state index contributed by atoms with van der Waals surface area (Å²) < 4.78 is 10.6. The Labute approximate surface area is 149 Å². The molecule has 6 heteroatoms. The van der Waals surface area contributed by atoms with E-state index in [9.17, 15) is 14.7 Å². The fourth-order valence-corrected chi connectivity index (χ4v) is 2.58. The van der Waals surface area contributed by atoms with Crippen molar-refractivity contribution in [1.29, 1.82) is 0 Å². The largest absolute Gasteiger partial charge is 0.496 e. The highest BCUT2D eigenvalue weighted by Crippen LogP contribution is 2.32. The Morgan fingerprint density at radius 3 is 2.36 bits per heavy atom. The lowest BCUT2D eigenvalue weighted by atomic mass is 9.78. The van der Waals surface area contributed by atoms with Crippen LogP contribution in [0.4, 0.5) is 4.79 Å². The van der Waals surface area contributed by atoms with E-state index in [4.69, 9.17) is 9.47 Å². The standard InChI is InChI=1S/C19H29NO5/c1-7-19(16(21)22,12-20-17(23)25-18(3,4)5)11-14-10-13(2)8-9-15(14)24-6/h8-10H,7,11-12H2,1-6H3,(H,20,23)(H,21,22). The van der Waals surface area contributed by atoms with Crippen LogP contribution >= 0.6 is 0 Å². The molecule has 0 aliphatic rings. The quantitative estimate of drug-likeness (QED) is 0.785. The molecule has 0 aliphatic carbocycles. The fraction of sp³-hybridized carbons (Fsp3) is 0.579. The van der Waals surface area contributed by atoms with Crippen molar-refractivity contribution in [2.75, 3.05) is 13.7 Å². The zero-order valence-electron chi connectivity index (χ0n) is 15.9. The number of carbonyl (C=O) groups is 2. The molecule has 2 N–H and O–H groups in total. The van der Waals surface area contributed by atoms with E-state index >= 15 is 0 Å². The number of benzene rings is 1. The molecule has 1 rings (SSSR count). The number of rotatable bonds is 7. The number of aliphatic carboxylic acids is 1. The summed E-state index contributed by atoms with van der Waals surface area (Å²) in [6.07, 6.45) is -0.0166. The number of carboxylic acid groups (broad SMARTS) is 1. The predicted octanol–water partition coefficient (Wildman–Crippen LogP) is 3.55. The average Bonchev–Trinajstić information content (AvgIpc) is 2.49. The van der Waals surface area contributed by atoms with Crippen LogP contribution in [0.3, 0.4) is 0 Å². The van der Waals surface area contributed by atoms with Crippen molar-refractivity contribution >= 4 is 12.1 Å². The highest BCUT2D eigenvalue weighted by atomic mass is 16.6. The van der Waals surface area contributed by atoms with E-state index in [1.165, 1.54) is 0 Å². The van der Waals surface area contributed by atoms with Crippen LogP contribution in [-0.4, -0.2) is 36.4 Å². The van der Waals surface area contributed by atoms with Gasteiger partial charge in [-0.1, -0.05) is 24.6 Å². The van der Waals surface area contributed by atoms with Gasteiger partial charge in [0.2, 0.25) is 0 Å². The van der Waals surface area contributed by atoms with Crippen LogP contribution in [0.1, 0.15) is 45.2 Å². The van der Waals surface area contributed by atoms with Gasteiger partial charge >= 0.3 is 12.1 Å². The third-order valence-corrected chi connectivity index (χ3v) is 4.07. The van der Waals surface area contributed by atoms with Gasteiger partial charge in [-0.25, -0.2) is 4.79 Å². The minimum absolute atomic E-state index is 0.0230. The molecule has 0 saturated carbocycles. The SMILES string of the molecule is CCC(CNC(=O)OC(C)(C)C)(Cc1cc(C)ccc1OC)C(=O)O. The molecule has 0 aromatic heterocycles. The van der Waals surface area contributed by atoms with Crippen molar-refractivity contribution < 1.29 is 24.2 Å². The van der Waals surface area contributed by atoms with Crippen molar-refractivity contribution in [1.82, 2.24) is 5.32 Å². The van der Waals surface area contributed by atoms with Gasteiger partial charge in [-0.2, -0.15) is 0 Å². The molecule has 140 valence electrons. The monoisotopic (exact) mass is 351 g/mol. The molecule has 0 bridgehead atoms. The van der Waals surface area contributed by atoms with Crippen LogP contribution in [0, 0.1) is 12.3 Å². The van der Waals surface area contributed by atoms with Gasteiger partial charge in [0.15, 0.2) is 0 Å².